The third kappa shape index (κ3) is 4.37. The molecule has 9 heteroatoms. The molecule has 0 aromatic heterocycles. The first kappa shape index (κ1) is 19.1. The number of hydrogen-bond donors (Lipinski definition) is 0. The van der Waals surface area contributed by atoms with Gasteiger partial charge in [0.05, 0.1) is 4.92 Å². The molecular formula is C18H15Cl2N3O4. The molecule has 3 rings (SSSR count). The van der Waals surface area contributed by atoms with Gasteiger partial charge in [0.2, 0.25) is 0 Å². The van der Waals surface area contributed by atoms with Crippen LogP contribution in [0.15, 0.2) is 42.5 Å². The lowest BCUT2D eigenvalue weighted by molar-refractivity contribution is -0.384. The van der Waals surface area contributed by atoms with Crippen molar-refractivity contribution in [2.45, 2.75) is 0 Å². The van der Waals surface area contributed by atoms with Crippen LogP contribution in [0.3, 0.4) is 0 Å². The fourth-order valence-corrected chi connectivity index (χ4v) is 3.41. The summed E-state index contributed by atoms with van der Waals surface area (Å²) in [6.45, 7) is 1.50. The highest BCUT2D eigenvalue weighted by atomic mass is 35.5. The Kier molecular flexibility index (Phi) is 5.62. The van der Waals surface area contributed by atoms with Gasteiger partial charge >= 0.3 is 0 Å². The number of nitro groups is 1. The first-order valence-electron chi connectivity index (χ1n) is 8.14. The summed E-state index contributed by atoms with van der Waals surface area (Å²) >= 11 is 11.9. The Hall–Kier alpha value is -2.64. The molecule has 7 nitrogen and oxygen atoms in total. The van der Waals surface area contributed by atoms with Crippen LogP contribution in [0.25, 0.3) is 0 Å². The number of amides is 2. The molecule has 2 aromatic carbocycles. The molecule has 0 unspecified atom stereocenters. The standard InChI is InChI=1S/C18H15Cl2N3O4/c19-14-9-13(10-15(20)11-14)18(25)22-7-5-21(6-8-22)17(24)12-1-3-16(4-2-12)23(26)27/h1-4,9-11H,5-8H2. The summed E-state index contributed by atoms with van der Waals surface area (Å²) in [7, 11) is 0. The topological polar surface area (TPSA) is 83.8 Å². The summed E-state index contributed by atoms with van der Waals surface area (Å²) in [6.07, 6.45) is 0. The van der Waals surface area contributed by atoms with Gasteiger partial charge < -0.3 is 9.80 Å². The van der Waals surface area contributed by atoms with Crippen LogP contribution in [-0.2, 0) is 0 Å². The van der Waals surface area contributed by atoms with Gasteiger partial charge in [0.25, 0.3) is 17.5 Å². The van der Waals surface area contributed by atoms with Crippen LogP contribution in [0.5, 0.6) is 0 Å². The number of nitrogens with zero attached hydrogens (tertiary/aromatic N) is 3. The fourth-order valence-electron chi connectivity index (χ4n) is 2.88. The number of non-ortho nitro benzene ring substituents is 1. The van der Waals surface area contributed by atoms with E-state index in [1.54, 1.807) is 28.0 Å². The number of carbonyl (C=O) groups is 2. The summed E-state index contributed by atoms with van der Waals surface area (Å²) in [4.78, 5) is 38.6. The lowest BCUT2D eigenvalue weighted by Gasteiger charge is -2.35. The monoisotopic (exact) mass is 407 g/mol. The minimum absolute atomic E-state index is 0.0675. The molecule has 0 N–H and O–H groups in total. The SMILES string of the molecule is O=C(c1ccc([N+](=O)[O-])cc1)N1CCN(C(=O)c2cc(Cl)cc(Cl)c2)CC1. The maximum Gasteiger partial charge on any atom is 0.269 e. The Morgan fingerprint density at radius 1 is 0.815 bits per heavy atom. The molecule has 0 spiro atoms. The van der Waals surface area contributed by atoms with E-state index in [1.165, 1.54) is 24.3 Å². The van der Waals surface area contributed by atoms with Crippen LogP contribution in [-0.4, -0.2) is 52.7 Å². The van der Waals surface area contributed by atoms with E-state index in [2.05, 4.69) is 0 Å². The van der Waals surface area contributed by atoms with Crippen molar-refractivity contribution in [2.24, 2.45) is 0 Å². The van der Waals surface area contributed by atoms with Crippen LogP contribution in [0.1, 0.15) is 20.7 Å². The Balaban J connectivity index is 1.63. The molecule has 2 amide bonds. The molecule has 2 aromatic rings. The molecule has 0 aliphatic carbocycles. The molecule has 27 heavy (non-hydrogen) atoms. The van der Waals surface area contributed by atoms with Crippen molar-refractivity contribution in [1.82, 2.24) is 9.80 Å². The highest BCUT2D eigenvalue weighted by Crippen LogP contribution is 2.21. The van der Waals surface area contributed by atoms with Crippen LogP contribution in [0.2, 0.25) is 10.0 Å². The maximum absolute atomic E-state index is 12.6. The molecule has 1 heterocycles. The third-order valence-corrected chi connectivity index (χ3v) is 4.73. The molecule has 1 fully saturated rings. The minimum Gasteiger partial charge on any atom is -0.335 e. The van der Waals surface area contributed by atoms with Crippen molar-refractivity contribution in [3.63, 3.8) is 0 Å². The second kappa shape index (κ2) is 7.94. The van der Waals surface area contributed by atoms with Crippen LogP contribution in [0, 0.1) is 10.1 Å². The summed E-state index contributed by atoms with van der Waals surface area (Å²) in [5.74, 6) is -0.412. The van der Waals surface area contributed by atoms with Crippen molar-refractivity contribution in [3.05, 3.63) is 73.8 Å². The number of carbonyl (C=O) groups excluding carboxylic acids is 2. The number of benzene rings is 2. The molecule has 0 saturated carbocycles. The molecule has 0 radical (unpaired) electrons. The Bertz CT molecular complexity index is 874. The Morgan fingerprint density at radius 2 is 1.26 bits per heavy atom. The molecule has 140 valence electrons. The Morgan fingerprint density at radius 3 is 1.70 bits per heavy atom. The zero-order valence-electron chi connectivity index (χ0n) is 14.1. The van der Waals surface area contributed by atoms with E-state index in [9.17, 15) is 19.7 Å². The van der Waals surface area contributed by atoms with Crippen molar-refractivity contribution in [1.29, 1.82) is 0 Å². The summed E-state index contributed by atoms with van der Waals surface area (Å²) < 4.78 is 0. The van der Waals surface area contributed by atoms with E-state index >= 15 is 0 Å². The van der Waals surface area contributed by atoms with Gasteiger partial charge in [-0.2, -0.15) is 0 Å². The second-order valence-corrected chi connectivity index (χ2v) is 6.92. The van der Waals surface area contributed by atoms with Gasteiger partial charge in [-0.05, 0) is 30.3 Å². The maximum atomic E-state index is 12.6. The fraction of sp³-hybridized carbons (Fsp3) is 0.222. The van der Waals surface area contributed by atoms with Crippen LogP contribution < -0.4 is 0 Å². The normalized spacial score (nSPS) is 14.1. The summed E-state index contributed by atoms with van der Waals surface area (Å²) in [6, 6.07) is 10.2. The third-order valence-electron chi connectivity index (χ3n) is 4.29. The van der Waals surface area contributed by atoms with Gasteiger partial charge in [0.1, 0.15) is 0 Å². The largest absolute Gasteiger partial charge is 0.335 e. The molecule has 0 atom stereocenters. The number of rotatable bonds is 3. The van der Waals surface area contributed by atoms with Crippen LogP contribution in [0.4, 0.5) is 5.69 Å². The van der Waals surface area contributed by atoms with Crippen LogP contribution >= 0.6 is 23.2 Å². The van der Waals surface area contributed by atoms with E-state index < -0.39 is 4.92 Å². The average molecular weight is 408 g/mol. The van der Waals surface area contributed by atoms with E-state index in [1.807, 2.05) is 0 Å². The van der Waals surface area contributed by atoms with Gasteiger partial charge in [-0.3, -0.25) is 19.7 Å². The predicted molar refractivity (Wildman–Crippen MR) is 101 cm³/mol. The first-order valence-corrected chi connectivity index (χ1v) is 8.90. The minimum atomic E-state index is -0.513. The number of nitro benzene ring substituents is 1. The van der Waals surface area contributed by atoms with Crippen molar-refractivity contribution >= 4 is 40.7 Å². The molecule has 0 bridgehead atoms. The van der Waals surface area contributed by atoms with Gasteiger partial charge in [0.15, 0.2) is 0 Å². The molecule has 1 aliphatic rings. The molecule has 1 saturated heterocycles. The summed E-state index contributed by atoms with van der Waals surface area (Å²) in [5.41, 5.74) is 0.715. The van der Waals surface area contributed by atoms with E-state index in [0.717, 1.165) is 0 Å². The number of halogens is 2. The zero-order valence-corrected chi connectivity index (χ0v) is 15.6. The van der Waals surface area contributed by atoms with Crippen molar-refractivity contribution in [3.8, 4) is 0 Å². The first-order chi connectivity index (χ1) is 12.8. The van der Waals surface area contributed by atoms with Crippen molar-refractivity contribution < 1.29 is 14.5 Å². The highest BCUT2D eigenvalue weighted by molar-refractivity contribution is 6.35. The number of piperazine rings is 1. The van der Waals surface area contributed by atoms with E-state index in [-0.39, 0.29) is 17.5 Å². The second-order valence-electron chi connectivity index (χ2n) is 6.05. The molecular weight excluding hydrogens is 393 g/mol. The van der Waals surface area contributed by atoms with Gasteiger partial charge in [-0.1, -0.05) is 23.2 Å². The van der Waals surface area contributed by atoms with Gasteiger partial charge in [0, 0.05) is 59.5 Å². The average Bonchev–Trinajstić information content (AvgIpc) is 2.66. The smallest absolute Gasteiger partial charge is 0.269 e. The lowest BCUT2D eigenvalue weighted by atomic mass is 10.1. The van der Waals surface area contributed by atoms with Gasteiger partial charge in [-0.25, -0.2) is 0 Å². The zero-order chi connectivity index (χ0) is 19.6. The molecule has 1 aliphatic heterocycles. The predicted octanol–water partition coefficient (Wildman–Crippen LogP) is 3.50. The van der Waals surface area contributed by atoms with Crippen molar-refractivity contribution in [2.75, 3.05) is 26.2 Å². The number of hydrogen-bond acceptors (Lipinski definition) is 4. The summed E-state index contributed by atoms with van der Waals surface area (Å²) in [5, 5.41) is 11.5. The quantitative estimate of drug-likeness (QED) is 0.575. The van der Waals surface area contributed by atoms with Gasteiger partial charge in [-0.15, -0.1) is 0 Å². The highest BCUT2D eigenvalue weighted by Gasteiger charge is 2.26. The lowest BCUT2D eigenvalue weighted by Crippen LogP contribution is -2.50. The van der Waals surface area contributed by atoms with E-state index in [4.69, 9.17) is 23.2 Å². The Labute approximate surface area is 165 Å². The van der Waals surface area contributed by atoms with E-state index in [0.29, 0.717) is 47.4 Å².